The van der Waals surface area contributed by atoms with Gasteiger partial charge in [0.05, 0.1) is 56.1 Å². The standard InChI is InChI=1S/C45H52F2N8O4/c1-6-53(7-2)40(32-11-9-8-10-12-32)44(57)55-26-34(47)22-38(55)42-49-24-36(51-42)31-19-15-29(16-20-31)28-13-17-30(18-14-28)35-23-48-41(50-35)37-21-33(46)25-54(37)43(56)39(27(3)4)52-45(58)59-5/h8-20,23-24,27,33-34,37-40H,6-7,21-22,25-26H2,1-5H3,(H,48,50)(H,49,51)(H,52,58)/t33-,34+,37-,38-,39-,40+/m0/s1. The zero-order valence-electron chi connectivity index (χ0n) is 34.1. The highest BCUT2D eigenvalue weighted by atomic mass is 19.1. The van der Waals surface area contributed by atoms with E-state index in [4.69, 9.17) is 4.74 Å². The number of methoxy groups -OCH3 is 1. The van der Waals surface area contributed by atoms with Gasteiger partial charge in [-0.1, -0.05) is 107 Å². The van der Waals surface area contributed by atoms with E-state index in [9.17, 15) is 18.8 Å². The Morgan fingerprint density at radius 2 is 1.20 bits per heavy atom. The molecular formula is C45H52F2N8O4. The van der Waals surface area contributed by atoms with Crippen LogP contribution in [-0.2, 0) is 14.3 Å². The van der Waals surface area contributed by atoms with Crippen LogP contribution in [0, 0.1) is 5.92 Å². The Hall–Kier alpha value is -5.89. The molecule has 59 heavy (non-hydrogen) atoms. The Labute approximate surface area is 343 Å². The second-order valence-electron chi connectivity index (χ2n) is 15.6. The number of aromatic amines is 2. The summed E-state index contributed by atoms with van der Waals surface area (Å²) in [4.78, 5) is 60.8. The maximum atomic E-state index is 15.1. The molecule has 2 aliphatic rings. The molecule has 0 aliphatic carbocycles. The van der Waals surface area contributed by atoms with Gasteiger partial charge in [0, 0.05) is 12.8 Å². The molecule has 12 nitrogen and oxygen atoms in total. The Balaban J connectivity index is 1.03. The number of amides is 3. The van der Waals surface area contributed by atoms with E-state index in [0.717, 1.165) is 39.2 Å². The minimum Gasteiger partial charge on any atom is -0.453 e. The van der Waals surface area contributed by atoms with Gasteiger partial charge in [-0.3, -0.25) is 14.5 Å². The lowest BCUT2D eigenvalue weighted by molar-refractivity contribution is -0.138. The summed E-state index contributed by atoms with van der Waals surface area (Å²) in [5.41, 5.74) is 6.15. The number of hydrogen-bond donors (Lipinski definition) is 3. The molecule has 310 valence electrons. The van der Waals surface area contributed by atoms with Gasteiger partial charge in [-0.15, -0.1) is 0 Å². The fraction of sp³-hybridized carbons (Fsp3) is 0.400. The number of H-pyrrole nitrogens is 2. The van der Waals surface area contributed by atoms with Crippen molar-refractivity contribution in [3.05, 3.63) is 108 Å². The molecule has 0 unspecified atom stereocenters. The number of benzene rings is 3. The molecule has 3 amide bonds. The van der Waals surface area contributed by atoms with Crippen LogP contribution in [0.25, 0.3) is 33.6 Å². The molecule has 4 heterocycles. The molecule has 3 aromatic carbocycles. The van der Waals surface area contributed by atoms with E-state index in [-0.39, 0.29) is 43.7 Å². The first-order chi connectivity index (χ1) is 28.5. The van der Waals surface area contributed by atoms with Crippen molar-refractivity contribution in [3.63, 3.8) is 0 Å². The molecule has 2 saturated heterocycles. The Kier molecular flexibility index (Phi) is 12.5. The first-order valence-electron chi connectivity index (χ1n) is 20.3. The van der Waals surface area contributed by atoms with Crippen molar-refractivity contribution in [1.82, 2.24) is 40.0 Å². The number of halogens is 2. The Bertz CT molecular complexity index is 2210. The molecule has 3 N–H and O–H groups in total. The van der Waals surface area contributed by atoms with Crippen LogP contribution in [0.3, 0.4) is 0 Å². The van der Waals surface area contributed by atoms with Crippen molar-refractivity contribution >= 4 is 17.9 Å². The summed E-state index contributed by atoms with van der Waals surface area (Å²) in [7, 11) is 1.23. The van der Waals surface area contributed by atoms with Crippen LogP contribution in [0.4, 0.5) is 13.6 Å². The SMILES string of the molecule is CCN(CC)[C@@H](C(=O)N1C[C@H](F)C[C@H]1c1ncc(-c2ccc(-c3ccc(-c4cnc([C@@H]5C[C@H](F)CN5C(=O)[C@@H](NC(=O)OC)C(C)C)[nH]4)cc3)cc2)[nH]1)c1ccccc1. The van der Waals surface area contributed by atoms with E-state index < -0.39 is 42.6 Å². The summed E-state index contributed by atoms with van der Waals surface area (Å²) < 4.78 is 34.6. The minimum absolute atomic E-state index is 0.0232. The van der Waals surface area contributed by atoms with Crippen molar-refractivity contribution in [2.24, 2.45) is 5.92 Å². The average Bonchev–Trinajstić information content (AvgIpc) is 4.08. The van der Waals surface area contributed by atoms with Crippen molar-refractivity contribution in [1.29, 1.82) is 0 Å². The summed E-state index contributed by atoms with van der Waals surface area (Å²) in [6.45, 7) is 8.97. The monoisotopic (exact) mass is 806 g/mol. The van der Waals surface area contributed by atoms with Gasteiger partial charge in [-0.2, -0.15) is 0 Å². The normalized spacial score (nSPS) is 20.3. The third kappa shape index (κ3) is 8.78. The lowest BCUT2D eigenvalue weighted by Gasteiger charge is -2.34. The van der Waals surface area contributed by atoms with Gasteiger partial charge in [0.2, 0.25) is 11.8 Å². The minimum atomic E-state index is -1.22. The third-order valence-corrected chi connectivity index (χ3v) is 11.5. The van der Waals surface area contributed by atoms with Gasteiger partial charge in [0.15, 0.2) is 0 Å². The summed E-state index contributed by atoms with van der Waals surface area (Å²) >= 11 is 0. The summed E-state index contributed by atoms with van der Waals surface area (Å²) in [6, 6.07) is 23.2. The number of alkyl carbamates (subject to hydrolysis) is 1. The third-order valence-electron chi connectivity index (χ3n) is 11.5. The van der Waals surface area contributed by atoms with E-state index in [1.165, 1.54) is 12.0 Å². The number of likely N-dealkylation sites (N-methyl/N-ethyl adjacent to an activating group) is 1. The fourth-order valence-electron chi connectivity index (χ4n) is 8.33. The number of hydrogen-bond acceptors (Lipinski definition) is 7. The van der Waals surface area contributed by atoms with E-state index in [2.05, 4.69) is 30.2 Å². The van der Waals surface area contributed by atoms with Crippen LogP contribution in [0.15, 0.2) is 91.3 Å². The van der Waals surface area contributed by atoms with Crippen LogP contribution in [-0.4, -0.2) is 104 Å². The van der Waals surface area contributed by atoms with E-state index in [1.807, 2.05) is 107 Å². The maximum Gasteiger partial charge on any atom is 0.407 e. The maximum absolute atomic E-state index is 15.1. The molecular weight excluding hydrogens is 755 g/mol. The van der Waals surface area contributed by atoms with Gasteiger partial charge < -0.3 is 29.8 Å². The number of likely N-dealkylation sites (tertiary alicyclic amines) is 2. The van der Waals surface area contributed by atoms with Gasteiger partial charge in [-0.05, 0) is 46.8 Å². The predicted octanol–water partition coefficient (Wildman–Crippen LogP) is 7.82. The molecule has 0 radical (unpaired) electrons. The van der Waals surface area contributed by atoms with E-state index >= 15 is 4.39 Å². The number of alkyl halides is 2. The first kappa shape index (κ1) is 41.3. The highest BCUT2D eigenvalue weighted by Gasteiger charge is 2.43. The second kappa shape index (κ2) is 17.9. The average molecular weight is 807 g/mol. The number of rotatable bonds is 13. The summed E-state index contributed by atoms with van der Waals surface area (Å²) in [5.74, 6) is 0.287. The quantitative estimate of drug-likeness (QED) is 0.110. The number of nitrogens with one attached hydrogen (secondary N) is 3. The number of ether oxygens (including phenoxy) is 1. The van der Waals surface area contributed by atoms with Gasteiger partial charge >= 0.3 is 6.09 Å². The van der Waals surface area contributed by atoms with Crippen LogP contribution >= 0.6 is 0 Å². The van der Waals surface area contributed by atoms with E-state index in [1.54, 1.807) is 17.3 Å². The molecule has 0 spiro atoms. The fourth-order valence-corrected chi connectivity index (χ4v) is 8.33. The number of aromatic nitrogens is 4. The predicted molar refractivity (Wildman–Crippen MR) is 221 cm³/mol. The van der Waals surface area contributed by atoms with Crippen LogP contribution in [0.1, 0.15) is 75.9 Å². The molecule has 7 rings (SSSR count). The van der Waals surface area contributed by atoms with Crippen molar-refractivity contribution < 1.29 is 27.9 Å². The zero-order valence-corrected chi connectivity index (χ0v) is 34.1. The number of nitrogens with zero attached hydrogens (tertiary/aromatic N) is 5. The molecule has 6 atom stereocenters. The number of carbonyl (C=O) groups is 3. The number of carbonyl (C=O) groups excluding carboxylic acids is 3. The van der Waals surface area contributed by atoms with E-state index in [0.29, 0.717) is 24.7 Å². The highest BCUT2D eigenvalue weighted by molar-refractivity contribution is 5.87. The van der Waals surface area contributed by atoms with Gasteiger partial charge in [-0.25, -0.2) is 23.5 Å². The van der Waals surface area contributed by atoms with Crippen molar-refractivity contribution in [2.45, 2.75) is 77.0 Å². The van der Waals surface area contributed by atoms with Crippen molar-refractivity contribution in [2.75, 3.05) is 33.3 Å². The highest BCUT2D eigenvalue weighted by Crippen LogP contribution is 2.38. The molecule has 14 heteroatoms. The van der Waals surface area contributed by atoms with Gasteiger partial charge in [0.25, 0.3) is 0 Å². The molecule has 2 aliphatic heterocycles. The summed E-state index contributed by atoms with van der Waals surface area (Å²) in [6.07, 6.45) is 0.599. The molecule has 2 fully saturated rings. The first-order valence-corrected chi connectivity index (χ1v) is 20.3. The molecule has 0 bridgehead atoms. The number of imidazole rings is 2. The molecule has 2 aromatic heterocycles. The molecule has 5 aromatic rings. The van der Waals surface area contributed by atoms with Crippen LogP contribution in [0.5, 0.6) is 0 Å². The zero-order chi connectivity index (χ0) is 41.8. The van der Waals surface area contributed by atoms with Crippen LogP contribution in [0.2, 0.25) is 0 Å². The summed E-state index contributed by atoms with van der Waals surface area (Å²) in [5, 5.41) is 2.59. The smallest absolute Gasteiger partial charge is 0.407 e. The largest absolute Gasteiger partial charge is 0.453 e. The second-order valence-corrected chi connectivity index (χ2v) is 15.6. The Morgan fingerprint density at radius 1 is 0.746 bits per heavy atom. The van der Waals surface area contributed by atoms with Crippen LogP contribution < -0.4 is 5.32 Å². The van der Waals surface area contributed by atoms with Gasteiger partial charge in [0.1, 0.15) is 36.1 Å². The molecule has 0 saturated carbocycles. The lowest BCUT2D eigenvalue weighted by Crippen LogP contribution is -2.51. The Morgan fingerprint density at radius 3 is 1.64 bits per heavy atom. The topological polar surface area (TPSA) is 140 Å². The van der Waals surface area contributed by atoms with Crippen molar-refractivity contribution in [3.8, 4) is 33.6 Å². The lowest BCUT2D eigenvalue weighted by atomic mass is 10.0.